The fourth-order valence-corrected chi connectivity index (χ4v) is 9.21. The summed E-state index contributed by atoms with van der Waals surface area (Å²) in [5, 5.41) is 7.63. The summed E-state index contributed by atoms with van der Waals surface area (Å²) in [6.07, 6.45) is 3.86. The molecule has 0 bridgehead atoms. The molecule has 2 aliphatic rings. The molecule has 2 heteroatoms. The van der Waals surface area contributed by atoms with Crippen LogP contribution in [0.2, 0.25) is 0 Å². The van der Waals surface area contributed by atoms with Crippen LogP contribution in [0.15, 0.2) is 158 Å². The molecule has 0 radical (unpaired) electrons. The fraction of sp³-hybridized carbons (Fsp3) is 0.0612. The monoisotopic (exact) mass is 648 g/mol. The van der Waals surface area contributed by atoms with Gasteiger partial charge in [-0.05, 0) is 124 Å². The van der Waals surface area contributed by atoms with Crippen LogP contribution in [0.25, 0.3) is 99.3 Å². The van der Waals surface area contributed by atoms with Crippen molar-refractivity contribution in [2.45, 2.75) is 19.3 Å². The molecule has 2 aliphatic carbocycles. The third kappa shape index (κ3) is 3.88. The minimum atomic E-state index is -0.127. The molecule has 2 aromatic heterocycles. The smallest absolute Gasteiger partial charge is 0.0886 e. The van der Waals surface area contributed by atoms with Gasteiger partial charge in [0, 0.05) is 23.4 Å². The molecule has 9 aromatic rings. The van der Waals surface area contributed by atoms with Gasteiger partial charge in [0.05, 0.1) is 11.4 Å². The van der Waals surface area contributed by atoms with E-state index in [0.29, 0.717) is 0 Å². The summed E-state index contributed by atoms with van der Waals surface area (Å²) in [6.45, 7) is 4.74. The Morgan fingerprint density at radius 2 is 1.02 bits per heavy atom. The van der Waals surface area contributed by atoms with Gasteiger partial charge < -0.3 is 0 Å². The highest BCUT2D eigenvalue weighted by Crippen LogP contribution is 2.55. The molecule has 11 rings (SSSR count). The van der Waals surface area contributed by atoms with Crippen molar-refractivity contribution in [2.24, 2.45) is 0 Å². The van der Waals surface area contributed by atoms with Crippen molar-refractivity contribution in [3.8, 4) is 67.0 Å². The van der Waals surface area contributed by atoms with Crippen LogP contribution in [0.5, 0.6) is 0 Å². The average Bonchev–Trinajstić information content (AvgIpc) is 3.63. The summed E-state index contributed by atoms with van der Waals surface area (Å²) in [7, 11) is 0. The normalized spacial score (nSPS) is 13.5. The van der Waals surface area contributed by atoms with Crippen LogP contribution >= 0.6 is 0 Å². The minimum absolute atomic E-state index is 0.127. The molecular formula is C49H32N2. The second-order valence-corrected chi connectivity index (χ2v) is 14.5. The summed E-state index contributed by atoms with van der Waals surface area (Å²) >= 11 is 0. The Balaban J connectivity index is 1.27. The van der Waals surface area contributed by atoms with Gasteiger partial charge in [0.2, 0.25) is 0 Å². The van der Waals surface area contributed by atoms with E-state index in [9.17, 15) is 0 Å². The van der Waals surface area contributed by atoms with Gasteiger partial charge in [-0.15, -0.1) is 0 Å². The van der Waals surface area contributed by atoms with Crippen LogP contribution in [0.3, 0.4) is 0 Å². The van der Waals surface area contributed by atoms with Crippen molar-refractivity contribution in [1.29, 1.82) is 0 Å². The Kier molecular flexibility index (Phi) is 5.76. The van der Waals surface area contributed by atoms with E-state index in [1.165, 1.54) is 93.5 Å². The van der Waals surface area contributed by atoms with E-state index in [2.05, 4.69) is 146 Å². The van der Waals surface area contributed by atoms with Crippen LogP contribution < -0.4 is 0 Å². The molecule has 7 aromatic carbocycles. The number of hydrogen-bond donors (Lipinski definition) is 0. The minimum Gasteiger partial charge on any atom is -0.255 e. The third-order valence-corrected chi connectivity index (χ3v) is 11.5. The molecule has 0 saturated heterocycles. The lowest BCUT2D eigenvalue weighted by Gasteiger charge is -2.24. The van der Waals surface area contributed by atoms with Gasteiger partial charge in [-0.3, -0.25) is 9.97 Å². The highest BCUT2D eigenvalue weighted by molar-refractivity contribution is 6.27. The van der Waals surface area contributed by atoms with E-state index in [1.54, 1.807) is 0 Å². The number of benzene rings is 7. The van der Waals surface area contributed by atoms with Crippen LogP contribution in [0.1, 0.15) is 25.0 Å². The Bertz CT molecular complexity index is 2890. The van der Waals surface area contributed by atoms with Gasteiger partial charge in [0.1, 0.15) is 0 Å². The lowest BCUT2D eigenvalue weighted by Crippen LogP contribution is -2.14. The first-order chi connectivity index (χ1) is 25.1. The molecule has 2 nitrogen and oxygen atoms in total. The molecule has 238 valence electrons. The number of nitrogens with zero attached hydrogens (tertiary/aromatic N) is 2. The predicted molar refractivity (Wildman–Crippen MR) is 213 cm³/mol. The molecule has 0 aliphatic heterocycles. The van der Waals surface area contributed by atoms with Gasteiger partial charge in [-0.2, -0.15) is 0 Å². The van der Waals surface area contributed by atoms with E-state index in [1.807, 2.05) is 30.6 Å². The Morgan fingerprint density at radius 3 is 1.78 bits per heavy atom. The van der Waals surface area contributed by atoms with E-state index >= 15 is 0 Å². The molecule has 0 saturated carbocycles. The van der Waals surface area contributed by atoms with Crippen molar-refractivity contribution in [3.05, 3.63) is 169 Å². The van der Waals surface area contributed by atoms with E-state index in [0.717, 1.165) is 17.0 Å². The molecule has 0 atom stereocenters. The largest absolute Gasteiger partial charge is 0.255 e. The lowest BCUT2D eigenvalue weighted by atomic mass is 9.79. The zero-order chi connectivity index (χ0) is 33.8. The Labute approximate surface area is 296 Å². The maximum absolute atomic E-state index is 4.98. The number of aromatic nitrogens is 2. The van der Waals surface area contributed by atoms with Crippen molar-refractivity contribution in [2.75, 3.05) is 0 Å². The number of hydrogen-bond acceptors (Lipinski definition) is 2. The van der Waals surface area contributed by atoms with Crippen LogP contribution in [-0.2, 0) is 5.41 Å². The molecule has 2 heterocycles. The van der Waals surface area contributed by atoms with Gasteiger partial charge in [0.15, 0.2) is 0 Å². The Hall–Kier alpha value is -6.38. The maximum atomic E-state index is 4.98. The molecule has 0 fully saturated rings. The SMILES string of the molecule is CC1(C)c2ccccc2-c2cc3c(-c4ccc5c6c(cccc46)-c4ccccc4-5)c4ccccc4c(-c4ccc(-c5ccccn5)nc4)c3cc21. The Morgan fingerprint density at radius 1 is 0.392 bits per heavy atom. The summed E-state index contributed by atoms with van der Waals surface area (Å²) in [4.78, 5) is 9.54. The number of pyridine rings is 2. The number of rotatable bonds is 3. The van der Waals surface area contributed by atoms with Crippen LogP contribution in [-0.4, -0.2) is 9.97 Å². The van der Waals surface area contributed by atoms with E-state index < -0.39 is 0 Å². The van der Waals surface area contributed by atoms with Crippen molar-refractivity contribution < 1.29 is 0 Å². The van der Waals surface area contributed by atoms with Crippen LogP contribution in [0, 0.1) is 0 Å². The van der Waals surface area contributed by atoms with Crippen molar-refractivity contribution in [1.82, 2.24) is 9.97 Å². The summed E-state index contributed by atoms with van der Waals surface area (Å²) in [5.41, 5.74) is 17.2. The summed E-state index contributed by atoms with van der Waals surface area (Å²) in [5.74, 6) is 0. The van der Waals surface area contributed by atoms with Gasteiger partial charge in [-0.1, -0.05) is 129 Å². The molecule has 0 amide bonds. The van der Waals surface area contributed by atoms with Gasteiger partial charge in [0.25, 0.3) is 0 Å². The van der Waals surface area contributed by atoms with Gasteiger partial charge >= 0.3 is 0 Å². The van der Waals surface area contributed by atoms with Crippen molar-refractivity contribution in [3.63, 3.8) is 0 Å². The third-order valence-electron chi connectivity index (χ3n) is 11.5. The summed E-state index contributed by atoms with van der Waals surface area (Å²) < 4.78 is 0. The molecule has 51 heavy (non-hydrogen) atoms. The first kappa shape index (κ1) is 28.5. The molecule has 0 unspecified atom stereocenters. The quantitative estimate of drug-likeness (QED) is 0.178. The topological polar surface area (TPSA) is 25.8 Å². The fourth-order valence-electron chi connectivity index (χ4n) is 9.21. The molecular weight excluding hydrogens is 617 g/mol. The first-order valence-electron chi connectivity index (χ1n) is 17.7. The first-order valence-corrected chi connectivity index (χ1v) is 17.7. The maximum Gasteiger partial charge on any atom is 0.0886 e. The second kappa shape index (κ2) is 10.3. The van der Waals surface area contributed by atoms with E-state index in [4.69, 9.17) is 4.98 Å². The van der Waals surface area contributed by atoms with Gasteiger partial charge in [-0.25, -0.2) is 0 Å². The van der Waals surface area contributed by atoms with E-state index in [-0.39, 0.29) is 5.41 Å². The zero-order valence-corrected chi connectivity index (χ0v) is 28.4. The zero-order valence-electron chi connectivity index (χ0n) is 28.4. The summed E-state index contributed by atoms with van der Waals surface area (Å²) in [6, 6.07) is 53.6. The average molecular weight is 649 g/mol. The highest BCUT2D eigenvalue weighted by atomic mass is 14.8. The standard InChI is InChI=1S/C49H32N2/c1-49(2)42-19-8-7-14-32(42)39-26-40-41(27-43(39)49)46(29-21-24-45(51-28-29)44-20-9-10-25-50-44)34-15-5-6-16-35(34)48(40)38-23-22-37-31-13-4-3-12-30(31)33-17-11-18-36(38)47(33)37/h3-28H,1-2H3. The predicted octanol–water partition coefficient (Wildman–Crippen LogP) is 12.9. The lowest BCUT2D eigenvalue weighted by molar-refractivity contribution is 0.661. The second-order valence-electron chi connectivity index (χ2n) is 14.5. The molecule has 0 N–H and O–H groups in total. The van der Waals surface area contributed by atoms with Crippen molar-refractivity contribution >= 4 is 32.3 Å². The number of fused-ring (bicyclic) bond motifs is 8. The van der Waals surface area contributed by atoms with Crippen LogP contribution in [0.4, 0.5) is 0 Å². The highest BCUT2D eigenvalue weighted by Gasteiger charge is 2.36. The molecule has 0 spiro atoms.